The molecule has 1 saturated heterocycles. The third-order valence-electron chi connectivity index (χ3n) is 11.1. The fourth-order valence-corrected chi connectivity index (χ4v) is 8.34. The fourth-order valence-electron chi connectivity index (χ4n) is 8.34. The van der Waals surface area contributed by atoms with Gasteiger partial charge in [-0.25, -0.2) is 0 Å². The molecule has 6 rings (SSSR count). The Morgan fingerprint density at radius 2 is 1.95 bits per heavy atom. The third kappa shape index (κ3) is 5.81. The van der Waals surface area contributed by atoms with Gasteiger partial charge >= 0.3 is 0 Å². The second-order valence-electron chi connectivity index (χ2n) is 14.4. The predicted octanol–water partition coefficient (Wildman–Crippen LogP) is 5.93. The number of aliphatic hydroxyl groups excluding tert-OH is 1. The maximum absolute atomic E-state index is 14.2. The molecule has 7 nitrogen and oxygen atoms in total. The van der Waals surface area contributed by atoms with Crippen LogP contribution in [0.5, 0.6) is 5.75 Å². The number of methoxy groups -OCH3 is 1. The number of hydrogen-bond donors (Lipinski definition) is 2. The number of carbonyl (C=O) groups is 1. The summed E-state index contributed by atoms with van der Waals surface area (Å²) in [5.41, 5.74) is 5.81. The molecule has 0 unspecified atom stereocenters. The van der Waals surface area contributed by atoms with Gasteiger partial charge in [-0.2, -0.15) is 5.06 Å². The van der Waals surface area contributed by atoms with Crippen molar-refractivity contribution in [2.24, 2.45) is 35.0 Å². The van der Waals surface area contributed by atoms with E-state index in [1.54, 1.807) is 7.11 Å². The van der Waals surface area contributed by atoms with Crippen LogP contribution in [0.1, 0.15) is 65.5 Å². The summed E-state index contributed by atoms with van der Waals surface area (Å²) < 4.78 is 6.06. The number of fused-ring (bicyclic) bond motifs is 2. The maximum atomic E-state index is 14.2. The van der Waals surface area contributed by atoms with E-state index >= 15 is 0 Å². The Hall–Kier alpha value is -2.61. The fraction of sp³-hybridized carbons (Fsp3) is 0.639. The summed E-state index contributed by atoms with van der Waals surface area (Å²) >= 11 is 0. The van der Waals surface area contributed by atoms with Crippen molar-refractivity contribution in [3.05, 3.63) is 47.5 Å². The predicted molar refractivity (Wildman–Crippen MR) is 173 cm³/mol. The van der Waals surface area contributed by atoms with Crippen molar-refractivity contribution in [1.82, 2.24) is 10.4 Å². The molecule has 0 aromatic heterocycles. The summed E-state index contributed by atoms with van der Waals surface area (Å²) in [5, 5.41) is 15.6. The van der Waals surface area contributed by atoms with Crippen LogP contribution in [-0.4, -0.2) is 62.1 Å². The number of nitrogens with one attached hydrogen (secondary N) is 1. The maximum Gasteiger partial charge on any atom is 0.240 e. The zero-order valence-electron chi connectivity index (χ0n) is 27.7. The number of carbonyl (C=O) groups excluding carboxylic acids is 1. The van der Waals surface area contributed by atoms with Crippen molar-refractivity contribution in [1.29, 1.82) is 0 Å². The van der Waals surface area contributed by atoms with Crippen molar-refractivity contribution in [2.45, 2.75) is 85.5 Å². The zero-order chi connectivity index (χ0) is 31.2. The van der Waals surface area contributed by atoms with Crippen LogP contribution < -0.4 is 15.0 Å². The number of rotatable bonds is 10. The van der Waals surface area contributed by atoms with Gasteiger partial charge in [-0.05, 0) is 71.6 Å². The standard InChI is InChI=1S/C36H53N3O4/c1-10-23-14-25(16-27(15-23)38(7)8)28-13-11-12-24(34(28)42-9)19-39-33(32(21(2)3)31(20-40)43-39)35(41)37-30-18-26-17-29(22(30)4)36(26,5)6/h11-16,21-22,26,29-33,40H,10,17-20H2,1-9H3,(H,37,41)/t22-,26+,29-,30-,31-,32-,33-/m0/s1. The molecule has 2 bridgehead atoms. The van der Waals surface area contributed by atoms with Crippen molar-refractivity contribution in [2.75, 3.05) is 32.7 Å². The lowest BCUT2D eigenvalue weighted by Gasteiger charge is -2.62. The molecule has 2 N–H and O–H groups in total. The summed E-state index contributed by atoms with van der Waals surface area (Å²) in [6, 6.07) is 12.5. The lowest BCUT2D eigenvalue weighted by Crippen LogP contribution is -2.62. The van der Waals surface area contributed by atoms with Crippen molar-refractivity contribution in [3.63, 3.8) is 0 Å². The first-order chi connectivity index (χ1) is 20.4. The third-order valence-corrected chi connectivity index (χ3v) is 11.1. The van der Waals surface area contributed by atoms with Gasteiger partial charge in [0.1, 0.15) is 17.9 Å². The summed E-state index contributed by atoms with van der Waals surface area (Å²) in [6.45, 7) is 13.7. The summed E-state index contributed by atoms with van der Waals surface area (Å²) in [4.78, 5) is 22.7. The molecule has 0 radical (unpaired) electrons. The van der Waals surface area contributed by atoms with Crippen LogP contribution in [0.4, 0.5) is 5.69 Å². The normalized spacial score (nSPS) is 29.8. The van der Waals surface area contributed by atoms with Crippen molar-refractivity contribution in [3.8, 4) is 16.9 Å². The molecule has 7 heteroatoms. The van der Waals surface area contributed by atoms with E-state index in [1.165, 1.54) is 12.0 Å². The van der Waals surface area contributed by atoms with Crippen molar-refractivity contribution < 1.29 is 19.5 Å². The lowest BCUT2D eigenvalue weighted by atomic mass is 9.45. The molecule has 2 aromatic rings. The highest BCUT2D eigenvalue weighted by Gasteiger charge is 2.57. The van der Waals surface area contributed by atoms with E-state index in [0.717, 1.165) is 41.0 Å². The first-order valence-electron chi connectivity index (χ1n) is 16.2. The van der Waals surface area contributed by atoms with E-state index in [-0.39, 0.29) is 30.4 Å². The minimum Gasteiger partial charge on any atom is -0.496 e. The molecule has 1 heterocycles. The molecule has 236 valence electrons. The number of hydrogen-bond acceptors (Lipinski definition) is 6. The molecule has 4 aliphatic rings. The van der Waals surface area contributed by atoms with Gasteiger partial charge in [0.25, 0.3) is 0 Å². The number of para-hydroxylation sites is 1. The van der Waals surface area contributed by atoms with Crippen molar-refractivity contribution >= 4 is 11.6 Å². The Balaban J connectivity index is 1.45. The SMILES string of the molecule is CCc1cc(-c2cccc(CN3O[C@@H](CO)[C@H](C(C)C)[C@H]3C(=O)N[C@H]3C[C@H]4C[C@@H]([C@@H]3C)C4(C)C)c2OC)cc(N(C)C)c1. The quantitative estimate of drug-likeness (QED) is 0.357. The lowest BCUT2D eigenvalue weighted by molar-refractivity contribution is -0.183. The Labute approximate surface area is 258 Å². The number of aliphatic hydroxyl groups is 1. The highest BCUT2D eigenvalue weighted by atomic mass is 16.7. The minimum atomic E-state index is -0.507. The largest absolute Gasteiger partial charge is 0.496 e. The molecule has 4 fully saturated rings. The summed E-state index contributed by atoms with van der Waals surface area (Å²) in [5.74, 6) is 2.55. The number of anilines is 1. The number of aryl methyl sites for hydroxylation is 1. The van der Waals surface area contributed by atoms with Crippen LogP contribution >= 0.6 is 0 Å². The number of benzene rings is 2. The second kappa shape index (κ2) is 12.4. The highest BCUT2D eigenvalue weighted by molar-refractivity contribution is 5.83. The Kier molecular flexibility index (Phi) is 9.18. The van der Waals surface area contributed by atoms with E-state index in [4.69, 9.17) is 9.57 Å². The molecule has 7 atom stereocenters. The van der Waals surface area contributed by atoms with E-state index in [1.807, 2.05) is 17.2 Å². The Bertz CT molecular complexity index is 1310. The van der Waals surface area contributed by atoms with Crippen LogP contribution in [-0.2, 0) is 22.6 Å². The van der Waals surface area contributed by atoms with E-state index in [2.05, 4.69) is 90.1 Å². The van der Waals surface area contributed by atoms with E-state index in [9.17, 15) is 9.90 Å². The number of nitrogens with zero attached hydrogens (tertiary/aromatic N) is 2. The van der Waals surface area contributed by atoms with Crippen LogP contribution in [0, 0.1) is 35.0 Å². The summed E-state index contributed by atoms with van der Waals surface area (Å²) in [6.07, 6.45) is 2.80. The van der Waals surface area contributed by atoms with Gasteiger partial charge < -0.3 is 20.1 Å². The molecule has 2 aromatic carbocycles. The molecule has 43 heavy (non-hydrogen) atoms. The van der Waals surface area contributed by atoms with Gasteiger partial charge in [0.15, 0.2) is 0 Å². The highest BCUT2D eigenvalue weighted by Crippen LogP contribution is 2.61. The van der Waals surface area contributed by atoms with E-state index < -0.39 is 12.1 Å². The molecule has 3 aliphatic carbocycles. The monoisotopic (exact) mass is 591 g/mol. The zero-order valence-corrected chi connectivity index (χ0v) is 27.7. The van der Waals surface area contributed by atoms with Crippen LogP contribution in [0.15, 0.2) is 36.4 Å². The van der Waals surface area contributed by atoms with Crippen LogP contribution in [0.3, 0.4) is 0 Å². The van der Waals surface area contributed by atoms with E-state index in [0.29, 0.717) is 29.7 Å². The topological polar surface area (TPSA) is 74.3 Å². The molecular formula is C36H53N3O4. The molecule has 1 amide bonds. The smallest absolute Gasteiger partial charge is 0.240 e. The molecular weight excluding hydrogens is 538 g/mol. The molecule has 0 spiro atoms. The summed E-state index contributed by atoms with van der Waals surface area (Å²) in [7, 11) is 5.82. The minimum absolute atomic E-state index is 0.00648. The number of amides is 1. The van der Waals surface area contributed by atoms with Crippen LogP contribution in [0.25, 0.3) is 11.1 Å². The van der Waals surface area contributed by atoms with Gasteiger partial charge in [-0.1, -0.05) is 65.8 Å². The number of hydroxylamine groups is 2. The first kappa shape index (κ1) is 31.8. The van der Waals surface area contributed by atoms with Gasteiger partial charge in [-0.3, -0.25) is 9.63 Å². The molecule has 1 aliphatic heterocycles. The first-order valence-corrected chi connectivity index (χ1v) is 16.2. The van der Waals surface area contributed by atoms with Crippen LogP contribution in [0.2, 0.25) is 0 Å². The van der Waals surface area contributed by atoms with Gasteiger partial charge in [0, 0.05) is 42.9 Å². The second-order valence-corrected chi connectivity index (χ2v) is 14.4. The van der Waals surface area contributed by atoms with Gasteiger partial charge in [-0.15, -0.1) is 0 Å². The average molecular weight is 592 g/mol. The van der Waals surface area contributed by atoms with Gasteiger partial charge in [0.2, 0.25) is 5.91 Å². The number of ether oxygens (including phenoxy) is 1. The Morgan fingerprint density at radius 1 is 1.21 bits per heavy atom. The Morgan fingerprint density at radius 3 is 2.53 bits per heavy atom. The molecule has 3 saturated carbocycles. The van der Waals surface area contributed by atoms with Gasteiger partial charge in [0.05, 0.1) is 20.3 Å². The average Bonchev–Trinajstić information content (AvgIpc) is 3.36.